The highest BCUT2D eigenvalue weighted by Gasteiger charge is 2.43. The van der Waals surface area contributed by atoms with Gasteiger partial charge in [-0.15, -0.1) is 0 Å². The van der Waals surface area contributed by atoms with Crippen LogP contribution in [0.1, 0.15) is 47.4 Å². The van der Waals surface area contributed by atoms with Gasteiger partial charge in [0.15, 0.2) is 5.78 Å². The Morgan fingerprint density at radius 3 is 2.81 bits per heavy atom. The van der Waals surface area contributed by atoms with Crippen LogP contribution < -0.4 is 10.1 Å². The lowest BCUT2D eigenvalue weighted by atomic mass is 9.84. The average molecular weight is 425 g/mol. The number of aromatic nitrogens is 2. The van der Waals surface area contributed by atoms with Crippen molar-refractivity contribution in [1.29, 1.82) is 0 Å². The number of hydrogen-bond acceptors (Lipinski definition) is 5. The summed E-state index contributed by atoms with van der Waals surface area (Å²) in [7, 11) is 0. The molecule has 2 aliphatic rings. The number of hydrogen-bond donors (Lipinski definition) is 1. The molecule has 1 aromatic carbocycles. The van der Waals surface area contributed by atoms with Gasteiger partial charge in [0.2, 0.25) is 11.8 Å². The number of aryl methyl sites for hydroxylation is 2. The van der Waals surface area contributed by atoms with E-state index in [1.165, 1.54) is 0 Å². The summed E-state index contributed by atoms with van der Waals surface area (Å²) >= 11 is 0. The molecule has 2 amide bonds. The van der Waals surface area contributed by atoms with E-state index in [4.69, 9.17) is 4.74 Å². The Balaban J connectivity index is 1.32. The van der Waals surface area contributed by atoms with Crippen LogP contribution in [0.3, 0.4) is 0 Å². The number of amides is 2. The molecule has 1 atom stereocenters. The number of ketones is 1. The summed E-state index contributed by atoms with van der Waals surface area (Å²) in [5.74, 6) is 0.350. The van der Waals surface area contributed by atoms with Crippen LogP contribution in [0.15, 0.2) is 30.3 Å². The molecule has 1 aromatic heterocycles. The quantitative estimate of drug-likeness (QED) is 0.793. The van der Waals surface area contributed by atoms with Crippen molar-refractivity contribution in [1.82, 2.24) is 20.0 Å². The molecule has 1 saturated heterocycles. The van der Waals surface area contributed by atoms with E-state index in [2.05, 4.69) is 10.4 Å². The molecule has 8 nitrogen and oxygen atoms in total. The number of nitrogens with zero attached hydrogens (tertiary/aromatic N) is 3. The fraction of sp³-hybridized carbons (Fsp3) is 0.478. The Morgan fingerprint density at radius 1 is 1.23 bits per heavy atom. The van der Waals surface area contributed by atoms with Crippen molar-refractivity contribution in [3.63, 3.8) is 0 Å². The van der Waals surface area contributed by atoms with Crippen molar-refractivity contribution in [2.75, 3.05) is 19.6 Å². The Bertz CT molecular complexity index is 1010. The first-order valence-corrected chi connectivity index (χ1v) is 10.7. The molecule has 2 aromatic rings. The summed E-state index contributed by atoms with van der Waals surface area (Å²) in [5.41, 5.74) is 1.91. The molecular weight excluding hydrogens is 396 g/mol. The minimum Gasteiger partial charge on any atom is -0.486 e. The maximum absolute atomic E-state index is 12.6. The molecule has 2 aliphatic heterocycles. The smallest absolute Gasteiger partial charge is 0.239 e. The van der Waals surface area contributed by atoms with Crippen molar-refractivity contribution in [3.8, 4) is 5.75 Å². The number of nitrogens with one attached hydrogen (secondary N) is 1. The summed E-state index contributed by atoms with van der Waals surface area (Å²) in [5, 5.41) is 7.25. The van der Waals surface area contributed by atoms with Crippen LogP contribution in [0.25, 0.3) is 0 Å². The number of carbonyl (C=O) groups is 3. The van der Waals surface area contributed by atoms with E-state index in [1.807, 2.05) is 36.7 Å². The van der Waals surface area contributed by atoms with Gasteiger partial charge in [-0.2, -0.15) is 5.10 Å². The average Bonchev–Trinajstić information content (AvgIpc) is 2.98. The number of likely N-dealkylation sites (tertiary alicyclic amines) is 1. The van der Waals surface area contributed by atoms with Gasteiger partial charge in [0.1, 0.15) is 11.4 Å². The molecule has 0 aliphatic carbocycles. The number of Topliss-reactive ketones (excluding diaryl/α,β-unsaturated/α-hetero) is 1. The number of ether oxygens (including phenoxy) is 1. The Labute approximate surface area is 181 Å². The molecule has 0 radical (unpaired) electrons. The molecule has 31 heavy (non-hydrogen) atoms. The first kappa shape index (κ1) is 21.1. The maximum atomic E-state index is 12.6. The second kappa shape index (κ2) is 8.53. The van der Waals surface area contributed by atoms with E-state index in [9.17, 15) is 14.4 Å². The predicted molar refractivity (Wildman–Crippen MR) is 114 cm³/mol. The summed E-state index contributed by atoms with van der Waals surface area (Å²) in [6, 6.07) is 9.23. The highest BCUT2D eigenvalue weighted by atomic mass is 16.5. The topological polar surface area (TPSA) is 93.5 Å². The molecule has 1 spiro atoms. The van der Waals surface area contributed by atoms with E-state index in [0.717, 1.165) is 11.4 Å². The van der Waals surface area contributed by atoms with Gasteiger partial charge in [0.25, 0.3) is 0 Å². The number of benzene rings is 1. The molecule has 1 unspecified atom stereocenters. The fourth-order valence-corrected chi connectivity index (χ4v) is 4.40. The van der Waals surface area contributed by atoms with Crippen LogP contribution in [0, 0.1) is 13.8 Å². The van der Waals surface area contributed by atoms with Crippen molar-refractivity contribution in [3.05, 3.63) is 47.3 Å². The SMILES string of the molecule is Cc1cc(C)n(CCNC(=O)CN2CCC3(CCC2=O)CC(=O)c2ccccc2O3)n1. The lowest BCUT2D eigenvalue weighted by Crippen LogP contribution is -2.44. The molecule has 8 heteroatoms. The number of carbonyl (C=O) groups excluding carboxylic acids is 3. The molecule has 1 N–H and O–H groups in total. The van der Waals surface area contributed by atoms with Crippen LogP contribution in [0.4, 0.5) is 0 Å². The van der Waals surface area contributed by atoms with Crippen molar-refractivity contribution < 1.29 is 19.1 Å². The largest absolute Gasteiger partial charge is 0.486 e. The van der Waals surface area contributed by atoms with E-state index in [1.54, 1.807) is 17.0 Å². The van der Waals surface area contributed by atoms with Crippen LogP contribution in [0.5, 0.6) is 5.75 Å². The molecular formula is C23H28N4O4. The van der Waals surface area contributed by atoms with E-state index < -0.39 is 5.60 Å². The fourth-order valence-electron chi connectivity index (χ4n) is 4.40. The van der Waals surface area contributed by atoms with Crippen molar-refractivity contribution in [2.24, 2.45) is 0 Å². The Kier molecular flexibility index (Phi) is 5.80. The zero-order valence-electron chi connectivity index (χ0n) is 18.0. The molecule has 4 rings (SSSR count). The van der Waals surface area contributed by atoms with E-state index in [-0.39, 0.29) is 37.0 Å². The van der Waals surface area contributed by atoms with Crippen LogP contribution in [0.2, 0.25) is 0 Å². The summed E-state index contributed by atoms with van der Waals surface area (Å²) < 4.78 is 8.08. The van der Waals surface area contributed by atoms with Gasteiger partial charge in [-0.1, -0.05) is 12.1 Å². The van der Waals surface area contributed by atoms with Gasteiger partial charge in [0, 0.05) is 31.6 Å². The summed E-state index contributed by atoms with van der Waals surface area (Å²) in [4.78, 5) is 39.2. The summed E-state index contributed by atoms with van der Waals surface area (Å²) in [6.07, 6.45) is 1.52. The second-order valence-electron chi connectivity index (χ2n) is 8.45. The zero-order chi connectivity index (χ0) is 22.0. The van der Waals surface area contributed by atoms with Gasteiger partial charge in [-0.3, -0.25) is 19.1 Å². The maximum Gasteiger partial charge on any atom is 0.239 e. The minimum absolute atomic E-state index is 0.0105. The number of para-hydroxylation sites is 1. The second-order valence-corrected chi connectivity index (χ2v) is 8.45. The van der Waals surface area contributed by atoms with Crippen LogP contribution >= 0.6 is 0 Å². The monoisotopic (exact) mass is 424 g/mol. The van der Waals surface area contributed by atoms with Crippen LogP contribution in [-0.4, -0.2) is 57.5 Å². The molecule has 0 saturated carbocycles. The summed E-state index contributed by atoms with van der Waals surface area (Å²) in [6.45, 7) is 5.33. The third-order valence-corrected chi connectivity index (χ3v) is 6.06. The normalized spacial score (nSPS) is 20.9. The lowest BCUT2D eigenvalue weighted by Gasteiger charge is -2.37. The number of rotatable bonds is 5. The van der Waals surface area contributed by atoms with Gasteiger partial charge < -0.3 is 15.0 Å². The molecule has 164 valence electrons. The van der Waals surface area contributed by atoms with Gasteiger partial charge >= 0.3 is 0 Å². The van der Waals surface area contributed by atoms with Gasteiger partial charge in [0.05, 0.1) is 30.8 Å². The first-order chi connectivity index (χ1) is 14.8. The van der Waals surface area contributed by atoms with Gasteiger partial charge in [-0.25, -0.2) is 0 Å². The third-order valence-electron chi connectivity index (χ3n) is 6.06. The van der Waals surface area contributed by atoms with Crippen molar-refractivity contribution >= 4 is 17.6 Å². The van der Waals surface area contributed by atoms with E-state index in [0.29, 0.717) is 43.8 Å². The highest BCUT2D eigenvalue weighted by Crippen LogP contribution is 2.39. The minimum atomic E-state index is -0.679. The molecule has 1 fully saturated rings. The molecule has 3 heterocycles. The van der Waals surface area contributed by atoms with Crippen LogP contribution in [-0.2, 0) is 16.1 Å². The van der Waals surface area contributed by atoms with Crippen molar-refractivity contribution in [2.45, 2.75) is 51.7 Å². The number of fused-ring (bicyclic) bond motifs is 1. The Hall–Kier alpha value is -3.16. The Morgan fingerprint density at radius 2 is 2.03 bits per heavy atom. The third kappa shape index (κ3) is 4.62. The zero-order valence-corrected chi connectivity index (χ0v) is 18.0. The lowest BCUT2D eigenvalue weighted by molar-refractivity contribution is -0.135. The standard InChI is InChI=1S/C23H28N4O4/c1-16-13-17(2)27(25-16)12-10-24-21(29)15-26-11-9-23(8-7-22(26)30)14-19(28)18-5-3-4-6-20(18)31-23/h3-6,13H,7-12,14-15H2,1-2H3,(H,24,29). The first-order valence-electron chi connectivity index (χ1n) is 10.7. The highest BCUT2D eigenvalue weighted by molar-refractivity contribution is 6.00. The van der Waals surface area contributed by atoms with Gasteiger partial charge in [-0.05, 0) is 38.5 Å². The van der Waals surface area contributed by atoms with E-state index >= 15 is 0 Å². The molecule has 0 bridgehead atoms. The predicted octanol–water partition coefficient (Wildman–Crippen LogP) is 2.03.